The molecular formula is C21H25N5O4. The summed E-state index contributed by atoms with van der Waals surface area (Å²) in [5.74, 6) is -0.787. The van der Waals surface area contributed by atoms with Crippen molar-refractivity contribution in [3.05, 3.63) is 52.3 Å². The smallest absolute Gasteiger partial charge is 0.414 e. The zero-order valence-corrected chi connectivity index (χ0v) is 17.1. The van der Waals surface area contributed by atoms with Gasteiger partial charge in [0.1, 0.15) is 5.84 Å². The Labute approximate surface area is 174 Å². The highest BCUT2D eigenvalue weighted by Gasteiger charge is 2.26. The number of carbonyl (C=O) groups is 3. The lowest BCUT2D eigenvalue weighted by atomic mass is 10.1. The van der Waals surface area contributed by atoms with Crippen LogP contribution in [0.3, 0.4) is 0 Å². The second-order valence-corrected chi connectivity index (χ2v) is 7.31. The number of rotatable bonds is 6. The largest absolute Gasteiger partial charge is 0.465 e. The van der Waals surface area contributed by atoms with Crippen molar-refractivity contribution in [1.82, 2.24) is 15.2 Å². The summed E-state index contributed by atoms with van der Waals surface area (Å²) < 4.78 is 0. The normalized spacial score (nSPS) is 12.9. The molecule has 1 aliphatic carbocycles. The second-order valence-electron chi connectivity index (χ2n) is 7.31. The Kier molecular flexibility index (Phi) is 5.91. The van der Waals surface area contributed by atoms with Gasteiger partial charge in [-0.3, -0.25) is 15.0 Å². The van der Waals surface area contributed by atoms with Gasteiger partial charge in [0, 0.05) is 30.0 Å². The van der Waals surface area contributed by atoms with E-state index in [1.54, 1.807) is 32.0 Å². The molecule has 30 heavy (non-hydrogen) atoms. The number of amides is 3. The number of H-pyrrole nitrogens is 1. The van der Waals surface area contributed by atoms with E-state index in [1.165, 1.54) is 6.20 Å². The molecule has 1 aliphatic rings. The summed E-state index contributed by atoms with van der Waals surface area (Å²) >= 11 is 0. The fourth-order valence-electron chi connectivity index (χ4n) is 3.08. The van der Waals surface area contributed by atoms with Crippen LogP contribution in [0.25, 0.3) is 0 Å². The number of hydrogen-bond donors (Lipinski definition) is 5. The molecule has 1 heterocycles. The average Bonchev–Trinajstić information content (AvgIpc) is 3.42. The quantitative estimate of drug-likeness (QED) is 0.367. The van der Waals surface area contributed by atoms with Gasteiger partial charge in [-0.2, -0.15) is 0 Å². The predicted molar refractivity (Wildman–Crippen MR) is 112 cm³/mol. The van der Waals surface area contributed by atoms with Crippen LogP contribution in [0, 0.1) is 19.3 Å². The molecule has 3 amide bonds. The third-order valence-electron chi connectivity index (χ3n) is 5.08. The first-order valence-electron chi connectivity index (χ1n) is 9.73. The number of hydrogen-bond acceptors (Lipinski definition) is 4. The topological polar surface area (TPSA) is 138 Å². The molecule has 1 aromatic heterocycles. The van der Waals surface area contributed by atoms with Crippen LogP contribution in [-0.2, 0) is 0 Å². The van der Waals surface area contributed by atoms with Gasteiger partial charge in [0.2, 0.25) is 0 Å². The van der Waals surface area contributed by atoms with Gasteiger partial charge in [-0.25, -0.2) is 9.69 Å². The molecule has 9 heteroatoms. The van der Waals surface area contributed by atoms with Crippen molar-refractivity contribution < 1.29 is 19.5 Å². The van der Waals surface area contributed by atoms with Crippen LogP contribution in [0.4, 0.5) is 10.5 Å². The highest BCUT2D eigenvalue weighted by molar-refractivity contribution is 6.10. The lowest BCUT2D eigenvalue weighted by Gasteiger charge is -2.15. The highest BCUT2D eigenvalue weighted by Crippen LogP contribution is 2.23. The Morgan fingerprint density at radius 1 is 1.27 bits per heavy atom. The predicted octanol–water partition coefficient (Wildman–Crippen LogP) is 3.10. The van der Waals surface area contributed by atoms with Crippen molar-refractivity contribution in [3.63, 3.8) is 0 Å². The zero-order chi connectivity index (χ0) is 22.0. The molecule has 9 nitrogen and oxygen atoms in total. The molecule has 0 unspecified atom stereocenters. The van der Waals surface area contributed by atoms with Gasteiger partial charge < -0.3 is 20.7 Å². The van der Waals surface area contributed by atoms with Crippen LogP contribution < -0.4 is 10.6 Å². The lowest BCUT2D eigenvalue weighted by Crippen LogP contribution is -2.35. The Morgan fingerprint density at radius 3 is 2.57 bits per heavy atom. The molecule has 0 saturated heterocycles. The minimum Gasteiger partial charge on any atom is -0.465 e. The monoisotopic (exact) mass is 411 g/mol. The van der Waals surface area contributed by atoms with Crippen LogP contribution in [-0.4, -0.2) is 51.3 Å². The summed E-state index contributed by atoms with van der Waals surface area (Å²) in [5.41, 5.74) is 2.99. The summed E-state index contributed by atoms with van der Waals surface area (Å²) in [7, 11) is 0. The van der Waals surface area contributed by atoms with Gasteiger partial charge in [0.05, 0.1) is 11.3 Å². The van der Waals surface area contributed by atoms with Gasteiger partial charge in [0.15, 0.2) is 0 Å². The number of nitrogens with one attached hydrogen (secondary N) is 4. The van der Waals surface area contributed by atoms with Crippen molar-refractivity contribution in [2.75, 3.05) is 11.9 Å². The number of anilines is 1. The third kappa shape index (κ3) is 4.35. The SMILES string of the molecule is CCN(C(=O)O)C(=O)c1c[nH]c(C(=N)Nc2cc(C(=O)NC3CC3)ccc2C)c1C. The molecule has 3 rings (SSSR count). The summed E-state index contributed by atoms with van der Waals surface area (Å²) in [4.78, 5) is 39.6. The van der Waals surface area contributed by atoms with E-state index in [0.717, 1.165) is 18.4 Å². The summed E-state index contributed by atoms with van der Waals surface area (Å²) in [6.45, 7) is 5.12. The molecule has 1 fully saturated rings. The standard InChI is InChI=1S/C21H25N5O4/c1-4-26(21(29)30)20(28)15-10-23-17(12(15)3)18(22)25-16-9-13(6-5-11(16)2)19(27)24-14-7-8-14/h5-6,9-10,14,23H,4,7-8H2,1-3H3,(H2,22,25)(H,24,27)(H,29,30). The number of carboxylic acid groups (broad SMARTS) is 1. The fourth-order valence-corrected chi connectivity index (χ4v) is 3.08. The molecule has 0 atom stereocenters. The van der Waals surface area contributed by atoms with E-state index in [0.29, 0.717) is 27.4 Å². The second kappa shape index (κ2) is 8.40. The van der Waals surface area contributed by atoms with Crippen LogP contribution >= 0.6 is 0 Å². The average molecular weight is 411 g/mol. The van der Waals surface area contributed by atoms with Gasteiger partial charge in [-0.1, -0.05) is 6.07 Å². The lowest BCUT2D eigenvalue weighted by molar-refractivity contribution is 0.0750. The molecule has 0 spiro atoms. The molecule has 0 radical (unpaired) electrons. The molecule has 158 valence electrons. The van der Waals surface area contributed by atoms with Crippen LogP contribution in [0.1, 0.15) is 57.3 Å². The summed E-state index contributed by atoms with van der Waals surface area (Å²) in [6, 6.07) is 5.48. The molecule has 5 N–H and O–H groups in total. The van der Waals surface area contributed by atoms with Gasteiger partial charge in [-0.15, -0.1) is 0 Å². The summed E-state index contributed by atoms with van der Waals surface area (Å²) in [5, 5.41) is 23.5. The van der Waals surface area contributed by atoms with E-state index in [9.17, 15) is 19.5 Å². The Bertz CT molecular complexity index is 1020. The Hall–Kier alpha value is -3.62. The van der Waals surface area contributed by atoms with E-state index in [1.807, 2.05) is 6.92 Å². The number of aromatic amines is 1. The number of benzene rings is 1. The number of nitrogens with zero attached hydrogens (tertiary/aromatic N) is 1. The minimum absolute atomic E-state index is 0.00720. The highest BCUT2D eigenvalue weighted by atomic mass is 16.4. The van der Waals surface area contributed by atoms with Crippen LogP contribution in [0.5, 0.6) is 0 Å². The molecular weight excluding hydrogens is 386 g/mol. The van der Waals surface area contributed by atoms with Gasteiger partial charge >= 0.3 is 6.09 Å². The molecule has 0 aliphatic heterocycles. The van der Waals surface area contributed by atoms with Crippen molar-refractivity contribution in [2.24, 2.45) is 0 Å². The summed E-state index contributed by atoms with van der Waals surface area (Å²) in [6.07, 6.45) is 2.08. The van der Waals surface area contributed by atoms with E-state index in [2.05, 4.69) is 15.6 Å². The number of imide groups is 1. The van der Waals surface area contributed by atoms with E-state index >= 15 is 0 Å². The maximum Gasteiger partial charge on any atom is 0.414 e. The van der Waals surface area contributed by atoms with E-state index in [4.69, 9.17) is 5.41 Å². The molecule has 2 aromatic rings. The van der Waals surface area contributed by atoms with Gasteiger partial charge in [0.25, 0.3) is 11.8 Å². The Balaban J connectivity index is 1.79. The molecule has 0 bridgehead atoms. The first-order valence-corrected chi connectivity index (χ1v) is 9.73. The number of amidine groups is 1. The van der Waals surface area contributed by atoms with Crippen molar-refractivity contribution in [3.8, 4) is 0 Å². The fraction of sp³-hybridized carbons (Fsp3) is 0.333. The molecule has 1 saturated carbocycles. The van der Waals surface area contributed by atoms with Crippen LogP contribution in [0.2, 0.25) is 0 Å². The molecule has 1 aromatic carbocycles. The van der Waals surface area contributed by atoms with Crippen molar-refractivity contribution >= 4 is 29.4 Å². The van der Waals surface area contributed by atoms with Gasteiger partial charge in [-0.05, 0) is 56.9 Å². The Morgan fingerprint density at radius 2 is 1.97 bits per heavy atom. The van der Waals surface area contributed by atoms with Crippen molar-refractivity contribution in [2.45, 2.75) is 39.7 Å². The first kappa shape index (κ1) is 21.1. The maximum absolute atomic E-state index is 12.5. The first-order chi connectivity index (χ1) is 14.2. The zero-order valence-electron chi connectivity index (χ0n) is 17.1. The number of carbonyl (C=O) groups excluding carboxylic acids is 2. The van der Waals surface area contributed by atoms with Crippen LogP contribution in [0.15, 0.2) is 24.4 Å². The van der Waals surface area contributed by atoms with E-state index in [-0.39, 0.29) is 29.9 Å². The number of aromatic nitrogens is 1. The maximum atomic E-state index is 12.5. The number of aryl methyl sites for hydroxylation is 1. The van der Waals surface area contributed by atoms with Crippen molar-refractivity contribution in [1.29, 1.82) is 5.41 Å². The third-order valence-corrected chi connectivity index (χ3v) is 5.08. The minimum atomic E-state index is -1.32. The van der Waals surface area contributed by atoms with E-state index < -0.39 is 12.0 Å².